The molecule has 3 rings (SSSR count). The topological polar surface area (TPSA) is 97.0 Å². The molecule has 27 heavy (non-hydrogen) atoms. The van der Waals surface area contributed by atoms with Crippen LogP contribution in [-0.4, -0.2) is 32.7 Å². The summed E-state index contributed by atoms with van der Waals surface area (Å²) in [5.74, 6) is 1.91. The third kappa shape index (κ3) is 5.54. The summed E-state index contributed by atoms with van der Waals surface area (Å²) in [5.41, 5.74) is 7.66. The lowest BCUT2D eigenvalue weighted by atomic mass is 10.0. The maximum absolute atomic E-state index is 9.71. The fourth-order valence-electron chi connectivity index (χ4n) is 2.65. The van der Waals surface area contributed by atoms with Crippen LogP contribution in [0.4, 0.5) is 10.9 Å². The van der Waals surface area contributed by atoms with Crippen LogP contribution in [0.5, 0.6) is 0 Å². The van der Waals surface area contributed by atoms with Crippen LogP contribution in [-0.2, 0) is 5.75 Å². The minimum Gasteiger partial charge on any atom is -0.394 e. The largest absolute Gasteiger partial charge is 0.394 e. The van der Waals surface area contributed by atoms with Gasteiger partial charge in [0.2, 0.25) is 0 Å². The highest BCUT2D eigenvalue weighted by Crippen LogP contribution is 2.32. The van der Waals surface area contributed by atoms with E-state index in [1.807, 2.05) is 12.1 Å². The molecule has 0 bridgehead atoms. The van der Waals surface area contributed by atoms with E-state index < -0.39 is 0 Å². The van der Waals surface area contributed by atoms with Gasteiger partial charge in [0.1, 0.15) is 4.70 Å². The summed E-state index contributed by atoms with van der Waals surface area (Å²) in [6, 6.07) is 8.10. The summed E-state index contributed by atoms with van der Waals surface area (Å²) in [4.78, 5) is 13.5. The number of hydrogen-bond acceptors (Lipinski definition) is 8. The van der Waals surface area contributed by atoms with Crippen molar-refractivity contribution in [2.45, 2.75) is 37.2 Å². The normalized spacial score (nSPS) is 12.6. The van der Waals surface area contributed by atoms with E-state index in [1.54, 1.807) is 11.8 Å². The molecule has 0 spiro atoms. The van der Waals surface area contributed by atoms with Gasteiger partial charge in [-0.2, -0.15) is 0 Å². The van der Waals surface area contributed by atoms with Crippen LogP contribution in [0.15, 0.2) is 33.9 Å². The third-order valence-corrected chi connectivity index (χ3v) is 6.18. The zero-order chi connectivity index (χ0) is 19.4. The first-order chi connectivity index (χ1) is 12.9. The highest BCUT2D eigenvalue weighted by Gasteiger charge is 2.17. The number of aromatic nitrogens is 3. The Balaban J connectivity index is 1.84. The Morgan fingerprint density at radius 2 is 1.96 bits per heavy atom. The number of fused-ring (bicyclic) bond motifs is 1. The number of nitrogens with two attached hydrogens (primary N) is 1. The second kappa shape index (κ2) is 9.18. The lowest BCUT2D eigenvalue weighted by Gasteiger charge is -2.19. The Labute approximate surface area is 175 Å². The molecule has 0 aliphatic carbocycles. The van der Waals surface area contributed by atoms with Crippen LogP contribution in [0.2, 0.25) is 0 Å². The number of anilines is 2. The van der Waals surface area contributed by atoms with Gasteiger partial charge in [-0.1, -0.05) is 65.0 Å². The molecule has 2 aromatic heterocycles. The minimum absolute atomic E-state index is 0.0410. The zero-order valence-electron chi connectivity index (χ0n) is 15.1. The molecule has 1 aromatic carbocycles. The molecule has 0 aliphatic rings. The number of halogens is 1. The smallest absolute Gasteiger partial charge is 0.191 e. The number of rotatable bonds is 8. The second-order valence-electron chi connectivity index (χ2n) is 6.63. The van der Waals surface area contributed by atoms with Gasteiger partial charge < -0.3 is 16.2 Å². The predicted octanol–water partition coefficient (Wildman–Crippen LogP) is 4.54. The van der Waals surface area contributed by atoms with Gasteiger partial charge in [0, 0.05) is 10.2 Å². The summed E-state index contributed by atoms with van der Waals surface area (Å²) < 4.78 is 1.88. The van der Waals surface area contributed by atoms with Gasteiger partial charge in [0.05, 0.1) is 12.6 Å². The van der Waals surface area contributed by atoms with E-state index in [0.717, 1.165) is 21.3 Å². The molecule has 0 radical (unpaired) electrons. The van der Waals surface area contributed by atoms with E-state index in [4.69, 9.17) is 5.73 Å². The molecule has 0 saturated heterocycles. The number of aliphatic hydroxyl groups is 1. The fraction of sp³-hybridized carbons (Fsp3) is 0.389. The van der Waals surface area contributed by atoms with Crippen molar-refractivity contribution in [3.8, 4) is 0 Å². The van der Waals surface area contributed by atoms with E-state index in [-0.39, 0.29) is 12.6 Å². The van der Waals surface area contributed by atoms with Gasteiger partial charge >= 0.3 is 0 Å². The quantitative estimate of drug-likeness (QED) is 0.330. The van der Waals surface area contributed by atoms with Gasteiger partial charge in [-0.15, -0.1) is 0 Å². The van der Waals surface area contributed by atoms with Crippen LogP contribution in [0.1, 0.15) is 25.8 Å². The van der Waals surface area contributed by atoms with Crippen molar-refractivity contribution in [3.05, 3.63) is 34.3 Å². The second-order valence-corrected chi connectivity index (χ2v) is 9.52. The molecule has 3 aromatic rings. The van der Waals surface area contributed by atoms with E-state index in [1.165, 1.54) is 16.9 Å². The van der Waals surface area contributed by atoms with Crippen LogP contribution < -0.4 is 11.1 Å². The molecule has 6 nitrogen and oxygen atoms in total. The maximum atomic E-state index is 9.71. The highest BCUT2D eigenvalue weighted by molar-refractivity contribution is 9.10. The Bertz CT molecular complexity index is 901. The summed E-state index contributed by atoms with van der Waals surface area (Å²) in [6.45, 7) is 4.30. The van der Waals surface area contributed by atoms with Crippen LogP contribution >= 0.6 is 39.0 Å². The molecular weight excluding hydrogens is 446 g/mol. The number of nitrogen functional groups attached to an aromatic ring is 1. The molecule has 0 amide bonds. The first-order valence-corrected chi connectivity index (χ1v) is 11.2. The Morgan fingerprint density at radius 3 is 2.63 bits per heavy atom. The monoisotopic (exact) mass is 467 g/mol. The summed E-state index contributed by atoms with van der Waals surface area (Å²) in [7, 11) is 0. The SMILES string of the molecule is CC(C)C[C@H](CO)Nc1nc(SCc2ccc(Br)cc2)nc2nc(N)sc12. The molecule has 4 N–H and O–H groups in total. The predicted molar refractivity (Wildman–Crippen MR) is 117 cm³/mol. The third-order valence-electron chi connectivity index (χ3n) is 3.85. The number of nitrogens with one attached hydrogen (secondary N) is 1. The van der Waals surface area contributed by atoms with Gasteiger partial charge in [0.25, 0.3) is 0 Å². The molecule has 0 saturated carbocycles. The summed E-state index contributed by atoms with van der Waals surface area (Å²) in [6.07, 6.45) is 0.845. The highest BCUT2D eigenvalue weighted by atomic mass is 79.9. The summed E-state index contributed by atoms with van der Waals surface area (Å²) in [5, 5.41) is 14.2. The standard InChI is InChI=1S/C18H22BrN5OS2/c1-10(2)7-13(8-25)21-15-14-16(22-17(20)27-14)24-18(23-15)26-9-11-3-5-12(19)6-4-11/h3-6,10,13,25H,7-9H2,1-2H3,(H3,20,21,22,23,24)/t13-/m1/s1. The first-order valence-electron chi connectivity index (χ1n) is 8.63. The van der Waals surface area contributed by atoms with Crippen molar-refractivity contribution in [1.29, 1.82) is 0 Å². The Hall–Kier alpha value is -1.42. The average molecular weight is 468 g/mol. The molecule has 0 fully saturated rings. The van der Waals surface area contributed by atoms with Crippen molar-refractivity contribution in [1.82, 2.24) is 15.0 Å². The minimum atomic E-state index is -0.0734. The number of benzene rings is 1. The number of aliphatic hydroxyl groups excluding tert-OH is 1. The van der Waals surface area contributed by atoms with Crippen LogP contribution in [0.3, 0.4) is 0 Å². The van der Waals surface area contributed by atoms with Crippen LogP contribution in [0.25, 0.3) is 10.3 Å². The lowest BCUT2D eigenvalue weighted by Crippen LogP contribution is -2.26. The van der Waals surface area contributed by atoms with E-state index in [2.05, 4.69) is 62.2 Å². The number of thiazole rings is 1. The molecule has 0 aliphatic heterocycles. The van der Waals surface area contributed by atoms with Crippen molar-refractivity contribution in [3.63, 3.8) is 0 Å². The van der Waals surface area contributed by atoms with E-state index in [9.17, 15) is 5.11 Å². The van der Waals surface area contributed by atoms with Gasteiger partial charge in [-0.25, -0.2) is 15.0 Å². The molecule has 0 unspecified atom stereocenters. The zero-order valence-corrected chi connectivity index (χ0v) is 18.4. The number of thioether (sulfide) groups is 1. The molecule has 2 heterocycles. The maximum Gasteiger partial charge on any atom is 0.191 e. The van der Waals surface area contributed by atoms with Crippen molar-refractivity contribution >= 4 is 60.3 Å². The van der Waals surface area contributed by atoms with Gasteiger partial charge in [-0.3, -0.25) is 0 Å². The van der Waals surface area contributed by atoms with Gasteiger partial charge in [-0.05, 0) is 30.0 Å². The lowest BCUT2D eigenvalue weighted by molar-refractivity contribution is 0.259. The van der Waals surface area contributed by atoms with Crippen molar-refractivity contribution in [2.24, 2.45) is 5.92 Å². The molecule has 9 heteroatoms. The van der Waals surface area contributed by atoms with Gasteiger partial charge in [0.15, 0.2) is 21.8 Å². The Kier molecular flexibility index (Phi) is 6.91. The van der Waals surface area contributed by atoms with E-state index in [0.29, 0.717) is 27.7 Å². The number of hydrogen-bond donors (Lipinski definition) is 3. The van der Waals surface area contributed by atoms with Crippen molar-refractivity contribution in [2.75, 3.05) is 17.7 Å². The fourth-order valence-corrected chi connectivity index (χ4v) is 4.44. The Morgan fingerprint density at radius 1 is 1.22 bits per heavy atom. The van der Waals surface area contributed by atoms with E-state index >= 15 is 0 Å². The molecule has 144 valence electrons. The van der Waals surface area contributed by atoms with Crippen molar-refractivity contribution < 1.29 is 5.11 Å². The summed E-state index contributed by atoms with van der Waals surface area (Å²) >= 11 is 6.36. The molecular formula is C18H22BrN5OS2. The molecule has 1 atom stereocenters. The average Bonchev–Trinajstić information content (AvgIpc) is 3.00. The first kappa shape index (κ1) is 20.3. The number of nitrogens with zero attached hydrogens (tertiary/aromatic N) is 3. The van der Waals surface area contributed by atoms with Crippen LogP contribution in [0, 0.1) is 5.92 Å².